The van der Waals surface area contributed by atoms with Gasteiger partial charge in [0.1, 0.15) is 5.52 Å². The Morgan fingerprint density at radius 3 is 2.90 bits per heavy atom. The van der Waals surface area contributed by atoms with Crippen molar-refractivity contribution in [2.24, 2.45) is 0 Å². The van der Waals surface area contributed by atoms with Gasteiger partial charge in [-0.3, -0.25) is 0 Å². The third-order valence-electron chi connectivity index (χ3n) is 3.10. The molecule has 0 spiro atoms. The van der Waals surface area contributed by atoms with Crippen LogP contribution in [0.2, 0.25) is 5.02 Å². The van der Waals surface area contributed by atoms with E-state index in [0.717, 1.165) is 11.1 Å². The average Bonchev–Trinajstić information content (AvgIpc) is 2.80. The number of nitrogens with zero attached hydrogens (tertiary/aromatic N) is 1. The van der Waals surface area contributed by atoms with Crippen molar-refractivity contribution < 1.29 is 4.42 Å². The quantitative estimate of drug-likeness (QED) is 0.707. The van der Waals surface area contributed by atoms with Gasteiger partial charge in [0.15, 0.2) is 5.58 Å². The van der Waals surface area contributed by atoms with Crippen LogP contribution in [0.15, 0.2) is 46.9 Å². The maximum absolute atomic E-state index is 5.99. The van der Waals surface area contributed by atoms with Gasteiger partial charge in [-0.1, -0.05) is 23.7 Å². The molecule has 3 rings (SSSR count). The van der Waals surface area contributed by atoms with Gasteiger partial charge >= 0.3 is 0 Å². The highest BCUT2D eigenvalue weighted by molar-refractivity contribution is 6.30. The monoisotopic (exact) mass is 287 g/mol. The lowest BCUT2D eigenvalue weighted by Gasteiger charge is -2.12. The van der Waals surface area contributed by atoms with Gasteiger partial charge < -0.3 is 15.5 Å². The van der Waals surface area contributed by atoms with Crippen molar-refractivity contribution in [1.82, 2.24) is 4.98 Å². The number of halogens is 1. The molecule has 0 aliphatic carbocycles. The first-order valence-electron chi connectivity index (χ1n) is 6.30. The Bertz CT molecular complexity index is 754. The van der Waals surface area contributed by atoms with Gasteiger partial charge in [0.05, 0.1) is 6.04 Å². The van der Waals surface area contributed by atoms with Crippen LogP contribution in [0.1, 0.15) is 18.5 Å². The molecule has 1 heterocycles. The van der Waals surface area contributed by atoms with Crippen LogP contribution < -0.4 is 11.1 Å². The molecule has 3 aromatic rings. The molecule has 102 valence electrons. The van der Waals surface area contributed by atoms with E-state index in [0.29, 0.717) is 22.3 Å². The number of nitrogens with one attached hydrogen (secondary N) is 1. The second kappa shape index (κ2) is 5.06. The first-order chi connectivity index (χ1) is 9.61. The highest BCUT2D eigenvalue weighted by Crippen LogP contribution is 2.25. The predicted octanol–water partition coefficient (Wildman–Crippen LogP) is 4.24. The largest absolute Gasteiger partial charge is 0.423 e. The first-order valence-corrected chi connectivity index (χ1v) is 6.68. The highest BCUT2D eigenvalue weighted by atomic mass is 35.5. The van der Waals surface area contributed by atoms with Gasteiger partial charge in [-0.15, -0.1) is 0 Å². The van der Waals surface area contributed by atoms with Crippen molar-refractivity contribution in [1.29, 1.82) is 0 Å². The Morgan fingerprint density at radius 2 is 2.10 bits per heavy atom. The lowest BCUT2D eigenvalue weighted by molar-refractivity contribution is 0.604. The Hall–Kier alpha value is -2.20. The zero-order valence-corrected chi connectivity index (χ0v) is 11.7. The molecule has 1 aromatic heterocycles. The fourth-order valence-corrected chi connectivity index (χ4v) is 2.25. The van der Waals surface area contributed by atoms with Crippen molar-refractivity contribution >= 4 is 34.4 Å². The summed E-state index contributed by atoms with van der Waals surface area (Å²) in [5.41, 5.74) is 8.89. The number of rotatable bonds is 3. The number of nitrogens with two attached hydrogens (primary N) is 1. The van der Waals surface area contributed by atoms with Crippen LogP contribution in [0.5, 0.6) is 0 Å². The SMILES string of the molecule is CC(Nc1nc2ccc(N)cc2o1)c1cccc(Cl)c1. The zero-order valence-electron chi connectivity index (χ0n) is 10.9. The molecule has 0 fully saturated rings. The molecule has 0 amide bonds. The summed E-state index contributed by atoms with van der Waals surface area (Å²) in [4.78, 5) is 4.38. The molecular formula is C15H14ClN3O. The van der Waals surface area contributed by atoms with Gasteiger partial charge in [-0.2, -0.15) is 4.98 Å². The van der Waals surface area contributed by atoms with Gasteiger partial charge in [0, 0.05) is 16.8 Å². The number of fused-ring (bicyclic) bond motifs is 1. The number of anilines is 2. The van der Waals surface area contributed by atoms with E-state index in [4.69, 9.17) is 21.8 Å². The van der Waals surface area contributed by atoms with Crippen molar-refractivity contribution in [3.8, 4) is 0 Å². The smallest absolute Gasteiger partial charge is 0.296 e. The summed E-state index contributed by atoms with van der Waals surface area (Å²) in [6.07, 6.45) is 0. The Balaban J connectivity index is 1.85. The molecule has 0 aliphatic rings. The van der Waals surface area contributed by atoms with E-state index >= 15 is 0 Å². The summed E-state index contributed by atoms with van der Waals surface area (Å²) in [6, 6.07) is 13.6. The lowest BCUT2D eigenvalue weighted by Crippen LogP contribution is -2.06. The van der Waals surface area contributed by atoms with Crippen LogP contribution in [0.4, 0.5) is 11.7 Å². The summed E-state index contributed by atoms with van der Waals surface area (Å²) < 4.78 is 5.64. The summed E-state index contributed by atoms with van der Waals surface area (Å²) >= 11 is 5.99. The van der Waals surface area contributed by atoms with Gasteiger partial charge in [0.2, 0.25) is 0 Å². The maximum Gasteiger partial charge on any atom is 0.296 e. The second-order valence-corrected chi connectivity index (χ2v) is 5.10. The van der Waals surface area contributed by atoms with Crippen molar-refractivity contribution in [2.75, 3.05) is 11.1 Å². The summed E-state index contributed by atoms with van der Waals surface area (Å²) in [5.74, 6) is 0. The normalized spacial score (nSPS) is 12.5. The van der Waals surface area contributed by atoms with Crippen LogP contribution in [0.25, 0.3) is 11.1 Å². The van der Waals surface area contributed by atoms with Gasteiger partial charge in [-0.05, 0) is 36.8 Å². The minimum Gasteiger partial charge on any atom is -0.423 e. The molecule has 0 aliphatic heterocycles. The fourth-order valence-electron chi connectivity index (χ4n) is 2.05. The topological polar surface area (TPSA) is 64.1 Å². The third kappa shape index (κ3) is 2.56. The Morgan fingerprint density at radius 1 is 1.25 bits per heavy atom. The first kappa shape index (κ1) is 12.8. The number of oxazole rings is 1. The molecule has 0 saturated heterocycles. The zero-order chi connectivity index (χ0) is 14.1. The highest BCUT2D eigenvalue weighted by Gasteiger charge is 2.11. The summed E-state index contributed by atoms with van der Waals surface area (Å²) in [6.45, 7) is 2.02. The van der Waals surface area contributed by atoms with Gasteiger partial charge in [-0.25, -0.2) is 0 Å². The second-order valence-electron chi connectivity index (χ2n) is 4.67. The molecule has 4 nitrogen and oxygen atoms in total. The van der Waals surface area contributed by atoms with E-state index in [2.05, 4.69) is 10.3 Å². The summed E-state index contributed by atoms with van der Waals surface area (Å²) in [7, 11) is 0. The van der Waals surface area contributed by atoms with E-state index < -0.39 is 0 Å². The molecule has 2 aromatic carbocycles. The molecule has 3 N–H and O–H groups in total. The predicted molar refractivity (Wildman–Crippen MR) is 81.9 cm³/mol. The van der Waals surface area contributed by atoms with Crippen LogP contribution in [-0.4, -0.2) is 4.98 Å². The number of benzene rings is 2. The van der Waals surface area contributed by atoms with E-state index in [1.165, 1.54) is 0 Å². The Labute approximate surface area is 121 Å². The lowest BCUT2D eigenvalue weighted by atomic mass is 10.1. The fraction of sp³-hybridized carbons (Fsp3) is 0.133. The molecule has 5 heteroatoms. The van der Waals surface area contributed by atoms with Crippen molar-refractivity contribution in [3.63, 3.8) is 0 Å². The van der Waals surface area contributed by atoms with E-state index in [-0.39, 0.29) is 6.04 Å². The van der Waals surface area contributed by atoms with Gasteiger partial charge in [0.25, 0.3) is 6.01 Å². The van der Waals surface area contributed by atoms with Crippen molar-refractivity contribution in [3.05, 3.63) is 53.1 Å². The van der Waals surface area contributed by atoms with E-state index in [1.54, 1.807) is 12.1 Å². The molecule has 0 bridgehead atoms. The minimum absolute atomic E-state index is 0.0408. The standard InChI is InChI=1S/C15H14ClN3O/c1-9(10-3-2-4-11(16)7-10)18-15-19-13-6-5-12(17)8-14(13)20-15/h2-9H,17H2,1H3,(H,18,19). The molecular weight excluding hydrogens is 274 g/mol. The van der Waals surface area contributed by atoms with Crippen LogP contribution in [-0.2, 0) is 0 Å². The van der Waals surface area contributed by atoms with E-state index in [1.807, 2.05) is 37.3 Å². The molecule has 0 radical (unpaired) electrons. The number of hydrogen-bond donors (Lipinski definition) is 2. The summed E-state index contributed by atoms with van der Waals surface area (Å²) in [5, 5.41) is 3.93. The molecule has 1 unspecified atom stereocenters. The van der Waals surface area contributed by atoms with E-state index in [9.17, 15) is 0 Å². The average molecular weight is 288 g/mol. The number of aromatic nitrogens is 1. The van der Waals surface area contributed by atoms with Crippen LogP contribution in [0, 0.1) is 0 Å². The van der Waals surface area contributed by atoms with Crippen LogP contribution >= 0.6 is 11.6 Å². The molecule has 20 heavy (non-hydrogen) atoms. The molecule has 1 atom stereocenters. The third-order valence-corrected chi connectivity index (χ3v) is 3.34. The minimum atomic E-state index is 0.0408. The van der Waals surface area contributed by atoms with Crippen LogP contribution in [0.3, 0.4) is 0 Å². The van der Waals surface area contributed by atoms with Crippen molar-refractivity contribution in [2.45, 2.75) is 13.0 Å². The molecule has 0 saturated carbocycles. The maximum atomic E-state index is 5.99. The number of hydrogen-bond acceptors (Lipinski definition) is 4. The Kier molecular flexibility index (Phi) is 3.24. The number of nitrogen functional groups attached to an aromatic ring is 1.